The molecule has 3 N–H and O–H groups in total. The summed E-state index contributed by atoms with van der Waals surface area (Å²) in [6.45, 7) is 0.0283. The molecule has 0 aliphatic carbocycles. The molecular weight excluding hydrogens is 481 g/mol. The second-order valence-electron chi connectivity index (χ2n) is 7.66. The highest BCUT2D eigenvalue weighted by Gasteiger charge is 2.42. The summed E-state index contributed by atoms with van der Waals surface area (Å²) in [6, 6.07) is 14.0. The summed E-state index contributed by atoms with van der Waals surface area (Å²) in [7, 11) is 0. The lowest BCUT2D eigenvalue weighted by Crippen LogP contribution is -2.50. The number of benzene rings is 2. The van der Waals surface area contributed by atoms with E-state index in [1.807, 2.05) is 0 Å². The van der Waals surface area contributed by atoms with Gasteiger partial charge in [-0.3, -0.25) is 19.7 Å². The molecule has 1 unspecified atom stereocenters. The van der Waals surface area contributed by atoms with E-state index in [0.29, 0.717) is 29.0 Å². The van der Waals surface area contributed by atoms with Gasteiger partial charge in [-0.1, -0.05) is 12.1 Å². The molecule has 0 spiro atoms. The maximum absolute atomic E-state index is 13.3. The molecule has 36 heavy (non-hydrogen) atoms. The lowest BCUT2D eigenvalue weighted by molar-refractivity contribution is -0.274. The van der Waals surface area contributed by atoms with E-state index in [2.05, 4.69) is 25.2 Å². The molecule has 5 rings (SSSR count). The largest absolute Gasteiger partial charge is 0.573 e. The van der Waals surface area contributed by atoms with Gasteiger partial charge in [0.2, 0.25) is 0 Å². The first-order chi connectivity index (χ1) is 17.3. The summed E-state index contributed by atoms with van der Waals surface area (Å²) in [4.78, 5) is 26.2. The molecule has 0 radical (unpaired) electrons. The standard InChI is InChI=1S/C23H17F3N4O3.CH2O2/c24-23(25,26)33-17-6-4-16(5-7-17)22(9-11-32-19-2-1-10-27-20(19)22)29-21(31)14-3-8-18-15(12-14)13-28-30-18;2-1-3/h1-8,10,12-13H,9,11H2,(H,28,30)(H,29,31);1H,(H,2,3). The molecule has 1 amide bonds. The Morgan fingerprint density at radius 1 is 1.19 bits per heavy atom. The Balaban J connectivity index is 0.000000967. The number of nitrogens with one attached hydrogen (secondary N) is 2. The van der Waals surface area contributed by atoms with Crippen molar-refractivity contribution < 1.29 is 37.3 Å². The fourth-order valence-electron chi connectivity index (χ4n) is 4.03. The Morgan fingerprint density at radius 2 is 1.94 bits per heavy atom. The zero-order chi connectivity index (χ0) is 25.8. The van der Waals surface area contributed by atoms with Crippen LogP contribution in [0.2, 0.25) is 0 Å². The van der Waals surface area contributed by atoms with E-state index >= 15 is 0 Å². The van der Waals surface area contributed by atoms with E-state index in [0.717, 1.165) is 10.9 Å². The third-order valence-corrected chi connectivity index (χ3v) is 5.52. The molecule has 4 aromatic rings. The number of hydrogen-bond donors (Lipinski definition) is 3. The van der Waals surface area contributed by atoms with Gasteiger partial charge in [0.05, 0.1) is 18.3 Å². The lowest BCUT2D eigenvalue weighted by atomic mass is 9.81. The number of carboxylic acid groups (broad SMARTS) is 1. The summed E-state index contributed by atoms with van der Waals surface area (Å²) in [5.41, 5.74) is 1.11. The summed E-state index contributed by atoms with van der Waals surface area (Å²) in [5, 5.41) is 17.5. The molecule has 9 nitrogen and oxygen atoms in total. The average Bonchev–Trinajstić information content (AvgIpc) is 3.32. The molecule has 2 aromatic carbocycles. The molecular formula is C24H19F3N4O5. The normalized spacial score (nSPS) is 16.6. The molecule has 0 saturated carbocycles. The van der Waals surface area contributed by atoms with Crippen molar-refractivity contribution in [2.24, 2.45) is 0 Å². The summed E-state index contributed by atoms with van der Waals surface area (Å²) in [6.07, 6.45) is -1.28. The van der Waals surface area contributed by atoms with Gasteiger partial charge in [0.1, 0.15) is 22.7 Å². The first-order valence-electron chi connectivity index (χ1n) is 10.5. The molecule has 1 atom stereocenters. The Bertz CT molecular complexity index is 1370. The van der Waals surface area contributed by atoms with Crippen LogP contribution in [0, 0.1) is 0 Å². The van der Waals surface area contributed by atoms with Crippen molar-refractivity contribution in [2.75, 3.05) is 6.61 Å². The SMILES string of the molecule is O=C(NC1(c2ccc(OC(F)(F)F)cc2)CCOc2cccnc21)c1ccc2[nH]ncc2c1.O=CO. The first kappa shape index (κ1) is 24.5. The van der Waals surface area contributed by atoms with Gasteiger partial charge < -0.3 is 19.9 Å². The number of aromatic amines is 1. The molecule has 0 saturated heterocycles. The highest BCUT2D eigenvalue weighted by Crippen LogP contribution is 2.41. The number of halogens is 3. The van der Waals surface area contributed by atoms with Crippen LogP contribution in [0.15, 0.2) is 67.0 Å². The third-order valence-electron chi connectivity index (χ3n) is 5.52. The van der Waals surface area contributed by atoms with Gasteiger partial charge in [-0.2, -0.15) is 5.10 Å². The third kappa shape index (κ3) is 5.06. The van der Waals surface area contributed by atoms with Crippen molar-refractivity contribution in [1.82, 2.24) is 20.5 Å². The van der Waals surface area contributed by atoms with Crippen LogP contribution in [0.5, 0.6) is 11.5 Å². The Morgan fingerprint density at radius 3 is 2.67 bits per heavy atom. The van der Waals surface area contributed by atoms with Crippen molar-refractivity contribution in [1.29, 1.82) is 0 Å². The number of rotatable bonds is 4. The van der Waals surface area contributed by atoms with E-state index in [1.165, 1.54) is 24.3 Å². The van der Waals surface area contributed by atoms with Crippen LogP contribution in [-0.2, 0) is 10.3 Å². The van der Waals surface area contributed by atoms with Crippen molar-refractivity contribution >= 4 is 23.3 Å². The number of H-pyrrole nitrogens is 1. The van der Waals surface area contributed by atoms with Gasteiger partial charge in [-0.15, -0.1) is 13.2 Å². The van der Waals surface area contributed by atoms with Crippen LogP contribution in [0.1, 0.15) is 28.0 Å². The number of carbonyl (C=O) groups is 2. The molecule has 3 heterocycles. The number of aromatic nitrogens is 3. The van der Waals surface area contributed by atoms with Gasteiger partial charge in [-0.25, -0.2) is 0 Å². The van der Waals surface area contributed by atoms with E-state index in [9.17, 15) is 18.0 Å². The van der Waals surface area contributed by atoms with Gasteiger partial charge in [0.25, 0.3) is 12.4 Å². The minimum atomic E-state index is -4.80. The van der Waals surface area contributed by atoms with Crippen LogP contribution in [0.4, 0.5) is 13.2 Å². The van der Waals surface area contributed by atoms with Crippen molar-refractivity contribution in [3.8, 4) is 11.5 Å². The monoisotopic (exact) mass is 500 g/mol. The number of hydrogen-bond acceptors (Lipinski definition) is 6. The molecule has 186 valence electrons. The minimum absolute atomic E-state index is 0.250. The Kier molecular flexibility index (Phi) is 6.77. The van der Waals surface area contributed by atoms with Gasteiger partial charge in [0, 0.05) is 23.6 Å². The van der Waals surface area contributed by atoms with Crippen molar-refractivity contribution in [2.45, 2.75) is 18.3 Å². The summed E-state index contributed by atoms with van der Waals surface area (Å²) < 4.78 is 47.5. The van der Waals surface area contributed by atoms with Gasteiger partial charge in [-0.05, 0) is 48.0 Å². The number of alkyl halides is 3. The maximum Gasteiger partial charge on any atom is 0.573 e. The molecule has 12 heteroatoms. The second-order valence-corrected chi connectivity index (χ2v) is 7.66. The van der Waals surface area contributed by atoms with Crippen molar-refractivity contribution in [3.05, 3.63) is 83.8 Å². The van der Waals surface area contributed by atoms with E-state index in [4.69, 9.17) is 14.6 Å². The smallest absolute Gasteiger partial charge is 0.491 e. The fourth-order valence-corrected chi connectivity index (χ4v) is 4.03. The number of nitrogens with zero attached hydrogens (tertiary/aromatic N) is 2. The number of carbonyl (C=O) groups excluding carboxylic acids is 1. The van der Waals surface area contributed by atoms with E-state index < -0.39 is 11.9 Å². The second kappa shape index (κ2) is 9.94. The van der Waals surface area contributed by atoms with Crippen LogP contribution < -0.4 is 14.8 Å². The molecule has 0 fully saturated rings. The Labute approximate surface area is 201 Å². The van der Waals surface area contributed by atoms with Gasteiger partial charge >= 0.3 is 6.36 Å². The predicted octanol–water partition coefficient (Wildman–Crippen LogP) is 4.01. The van der Waals surface area contributed by atoms with Crippen molar-refractivity contribution in [3.63, 3.8) is 0 Å². The molecule has 0 bridgehead atoms. The maximum atomic E-state index is 13.3. The number of fused-ring (bicyclic) bond motifs is 2. The molecule has 1 aliphatic heterocycles. The van der Waals surface area contributed by atoms with Crippen LogP contribution >= 0.6 is 0 Å². The highest BCUT2D eigenvalue weighted by molar-refractivity contribution is 5.98. The van der Waals surface area contributed by atoms with Gasteiger partial charge in [0.15, 0.2) is 0 Å². The quantitative estimate of drug-likeness (QED) is 0.362. The number of amides is 1. The van der Waals surface area contributed by atoms with E-state index in [1.54, 1.807) is 42.7 Å². The average molecular weight is 500 g/mol. The number of pyridine rings is 1. The summed E-state index contributed by atoms with van der Waals surface area (Å²) in [5.74, 6) is -0.233. The lowest BCUT2D eigenvalue weighted by Gasteiger charge is -2.39. The topological polar surface area (TPSA) is 126 Å². The minimum Gasteiger partial charge on any atom is -0.491 e. The zero-order valence-electron chi connectivity index (χ0n) is 18.5. The van der Waals surface area contributed by atoms with Crippen LogP contribution in [0.25, 0.3) is 10.9 Å². The number of ether oxygens (including phenoxy) is 2. The molecule has 2 aromatic heterocycles. The molecule has 1 aliphatic rings. The zero-order valence-corrected chi connectivity index (χ0v) is 18.5. The predicted molar refractivity (Wildman–Crippen MR) is 121 cm³/mol. The summed E-state index contributed by atoms with van der Waals surface area (Å²) >= 11 is 0. The van der Waals surface area contributed by atoms with Crippen LogP contribution in [-0.4, -0.2) is 45.6 Å². The van der Waals surface area contributed by atoms with E-state index in [-0.39, 0.29) is 24.7 Å². The highest BCUT2D eigenvalue weighted by atomic mass is 19.4. The first-order valence-corrected chi connectivity index (χ1v) is 10.5. The van der Waals surface area contributed by atoms with Crippen LogP contribution in [0.3, 0.4) is 0 Å². The Hall–Kier alpha value is -4.61. The fraction of sp³-hybridized carbons (Fsp3) is 0.167.